The minimum atomic E-state index is -0.275. The van der Waals surface area contributed by atoms with Crippen LogP contribution in [0.2, 0.25) is 0 Å². The van der Waals surface area contributed by atoms with Crippen LogP contribution in [0.5, 0.6) is 0 Å². The number of halogens is 2. The number of likely N-dealkylation sites (tertiary alicyclic amines) is 1. The summed E-state index contributed by atoms with van der Waals surface area (Å²) in [5.74, 6) is 0.123. The van der Waals surface area contributed by atoms with Crippen molar-refractivity contribution >= 4 is 28.0 Å². The molecule has 1 aliphatic rings. The highest BCUT2D eigenvalue weighted by atomic mass is 79.9. The van der Waals surface area contributed by atoms with Crippen LogP contribution in [0.4, 0.5) is 9.18 Å². The highest BCUT2D eigenvalue weighted by molar-refractivity contribution is 9.10. The number of rotatable bonds is 5. The quantitative estimate of drug-likeness (QED) is 0.573. The lowest BCUT2D eigenvalue weighted by molar-refractivity contribution is 0.0963. The Morgan fingerprint density at radius 2 is 2.20 bits per heavy atom. The fourth-order valence-electron chi connectivity index (χ4n) is 2.68. The number of piperidine rings is 1. The van der Waals surface area contributed by atoms with Crippen LogP contribution in [0.1, 0.15) is 25.3 Å². The average molecular weight is 415 g/mol. The normalized spacial score (nSPS) is 16.0. The van der Waals surface area contributed by atoms with Gasteiger partial charge in [-0.15, -0.1) is 0 Å². The zero-order valence-corrected chi connectivity index (χ0v) is 15.9. The molecule has 3 N–H and O–H groups in total. The number of amides is 1. The third-order valence-electron chi connectivity index (χ3n) is 4.04. The summed E-state index contributed by atoms with van der Waals surface area (Å²) in [4.78, 5) is 17.7. The first-order valence-corrected chi connectivity index (χ1v) is 9.21. The Morgan fingerprint density at radius 3 is 2.84 bits per heavy atom. The molecule has 0 aliphatic carbocycles. The van der Waals surface area contributed by atoms with E-state index in [1.165, 1.54) is 6.07 Å². The smallest absolute Gasteiger partial charge is 0.409 e. The molecule has 1 aromatic rings. The molecular formula is C17H24BrFN4O2. The summed E-state index contributed by atoms with van der Waals surface area (Å²) in [6, 6.07) is 5.13. The van der Waals surface area contributed by atoms with Gasteiger partial charge in [-0.1, -0.05) is 6.07 Å². The van der Waals surface area contributed by atoms with E-state index in [-0.39, 0.29) is 18.0 Å². The van der Waals surface area contributed by atoms with Gasteiger partial charge in [-0.25, -0.2) is 9.18 Å². The number of guanidine groups is 1. The Labute approximate surface area is 155 Å². The number of carbonyl (C=O) groups excluding carboxylic acids is 1. The Morgan fingerprint density at radius 1 is 1.48 bits per heavy atom. The van der Waals surface area contributed by atoms with E-state index in [0.717, 1.165) is 18.4 Å². The van der Waals surface area contributed by atoms with Crippen LogP contribution < -0.4 is 11.1 Å². The van der Waals surface area contributed by atoms with Gasteiger partial charge in [-0.2, -0.15) is 0 Å². The maximum atomic E-state index is 13.2. The van der Waals surface area contributed by atoms with Crippen LogP contribution in [-0.2, 0) is 11.2 Å². The molecule has 1 amide bonds. The van der Waals surface area contributed by atoms with Crippen molar-refractivity contribution in [2.24, 2.45) is 10.7 Å². The molecule has 138 valence electrons. The number of ether oxygens (including phenoxy) is 1. The molecule has 0 atom stereocenters. The largest absolute Gasteiger partial charge is 0.450 e. The summed E-state index contributed by atoms with van der Waals surface area (Å²) in [5.41, 5.74) is 6.92. The van der Waals surface area contributed by atoms with Crippen LogP contribution in [0.25, 0.3) is 0 Å². The molecule has 1 fully saturated rings. The highest BCUT2D eigenvalue weighted by Crippen LogP contribution is 2.17. The SMILES string of the molecule is CCOC(=O)N1CCC(NC(N)=NCCc2ccc(F)c(Br)c2)CC1. The summed E-state index contributed by atoms with van der Waals surface area (Å²) in [5, 5.41) is 3.20. The molecule has 0 saturated carbocycles. The van der Waals surface area contributed by atoms with Crippen molar-refractivity contribution in [2.45, 2.75) is 32.2 Å². The topological polar surface area (TPSA) is 80.0 Å². The molecule has 6 nitrogen and oxygen atoms in total. The summed E-state index contributed by atoms with van der Waals surface area (Å²) in [7, 11) is 0. The molecule has 1 aliphatic heterocycles. The predicted molar refractivity (Wildman–Crippen MR) is 99.0 cm³/mol. The van der Waals surface area contributed by atoms with E-state index < -0.39 is 0 Å². The van der Waals surface area contributed by atoms with Crippen molar-refractivity contribution < 1.29 is 13.9 Å². The van der Waals surface area contributed by atoms with Gasteiger partial charge in [0.15, 0.2) is 5.96 Å². The lowest BCUT2D eigenvalue weighted by Gasteiger charge is -2.31. The molecule has 8 heteroatoms. The van der Waals surface area contributed by atoms with E-state index in [2.05, 4.69) is 26.2 Å². The van der Waals surface area contributed by atoms with Gasteiger partial charge in [-0.05, 0) is 59.8 Å². The van der Waals surface area contributed by atoms with Crippen molar-refractivity contribution in [1.82, 2.24) is 10.2 Å². The fourth-order valence-corrected chi connectivity index (χ4v) is 3.10. The third-order valence-corrected chi connectivity index (χ3v) is 4.65. The maximum Gasteiger partial charge on any atom is 0.409 e. The fraction of sp³-hybridized carbons (Fsp3) is 0.529. The monoisotopic (exact) mass is 414 g/mol. The Balaban J connectivity index is 1.72. The third kappa shape index (κ3) is 6.19. The zero-order chi connectivity index (χ0) is 18.2. The second kappa shape index (κ2) is 9.60. The van der Waals surface area contributed by atoms with Crippen molar-refractivity contribution in [3.05, 3.63) is 34.1 Å². The number of carbonyl (C=O) groups is 1. The lowest BCUT2D eigenvalue weighted by atomic mass is 10.1. The molecule has 1 saturated heterocycles. The summed E-state index contributed by atoms with van der Waals surface area (Å²) < 4.78 is 18.6. The van der Waals surface area contributed by atoms with E-state index in [1.54, 1.807) is 24.0 Å². The van der Waals surface area contributed by atoms with Gasteiger partial charge in [0.05, 0.1) is 11.1 Å². The molecule has 0 radical (unpaired) electrons. The number of nitrogens with one attached hydrogen (secondary N) is 1. The van der Waals surface area contributed by atoms with Crippen LogP contribution in [-0.4, -0.2) is 49.2 Å². The van der Waals surface area contributed by atoms with Crippen LogP contribution in [0.15, 0.2) is 27.7 Å². The summed E-state index contributed by atoms with van der Waals surface area (Å²) in [6.07, 6.45) is 2.04. The van der Waals surface area contributed by atoms with Crippen LogP contribution in [0.3, 0.4) is 0 Å². The van der Waals surface area contributed by atoms with Gasteiger partial charge in [0.1, 0.15) is 5.82 Å². The van der Waals surface area contributed by atoms with E-state index >= 15 is 0 Å². The van der Waals surface area contributed by atoms with Crippen molar-refractivity contribution in [3.63, 3.8) is 0 Å². The van der Waals surface area contributed by atoms with E-state index in [9.17, 15) is 9.18 Å². The average Bonchev–Trinajstić information content (AvgIpc) is 2.59. The number of benzene rings is 1. The van der Waals surface area contributed by atoms with Crippen molar-refractivity contribution in [3.8, 4) is 0 Å². The highest BCUT2D eigenvalue weighted by Gasteiger charge is 2.23. The van der Waals surface area contributed by atoms with Crippen molar-refractivity contribution in [2.75, 3.05) is 26.2 Å². The van der Waals surface area contributed by atoms with Crippen LogP contribution >= 0.6 is 15.9 Å². The Kier molecular flexibility index (Phi) is 7.49. The van der Waals surface area contributed by atoms with E-state index in [4.69, 9.17) is 10.5 Å². The number of hydrogen-bond acceptors (Lipinski definition) is 3. The zero-order valence-electron chi connectivity index (χ0n) is 14.3. The van der Waals surface area contributed by atoms with E-state index in [1.807, 2.05) is 0 Å². The lowest BCUT2D eigenvalue weighted by Crippen LogP contribution is -2.48. The molecule has 0 unspecified atom stereocenters. The molecular weight excluding hydrogens is 391 g/mol. The minimum Gasteiger partial charge on any atom is -0.450 e. The van der Waals surface area contributed by atoms with Gasteiger partial charge >= 0.3 is 6.09 Å². The molecule has 25 heavy (non-hydrogen) atoms. The molecule has 0 bridgehead atoms. The first-order valence-electron chi connectivity index (χ1n) is 8.41. The van der Waals surface area contributed by atoms with Crippen molar-refractivity contribution in [1.29, 1.82) is 0 Å². The first kappa shape index (κ1) is 19.5. The Hall–Kier alpha value is -1.83. The second-order valence-corrected chi connectivity index (χ2v) is 6.72. The first-order chi connectivity index (χ1) is 12.0. The number of nitrogens with two attached hydrogens (primary N) is 1. The van der Waals surface area contributed by atoms with Gasteiger partial charge in [0.2, 0.25) is 0 Å². The second-order valence-electron chi connectivity index (χ2n) is 5.87. The number of aliphatic imine (C=N–C) groups is 1. The standard InChI is InChI=1S/C17H24BrFN4O2/c1-2-25-17(24)23-9-6-13(7-10-23)22-16(20)21-8-5-12-3-4-15(19)14(18)11-12/h3-4,11,13H,2,5-10H2,1H3,(H3,20,21,22). The van der Waals surface area contributed by atoms with Gasteiger partial charge in [0.25, 0.3) is 0 Å². The molecule has 1 heterocycles. The predicted octanol–water partition coefficient (Wildman–Crippen LogP) is 2.66. The maximum absolute atomic E-state index is 13.2. The minimum absolute atomic E-state index is 0.203. The molecule has 0 aromatic heterocycles. The van der Waals surface area contributed by atoms with Gasteiger partial charge in [0, 0.05) is 25.7 Å². The molecule has 2 rings (SSSR count). The van der Waals surface area contributed by atoms with E-state index in [0.29, 0.717) is 43.1 Å². The van der Waals surface area contributed by atoms with Gasteiger partial charge in [-0.3, -0.25) is 4.99 Å². The number of hydrogen-bond donors (Lipinski definition) is 2. The molecule has 1 aromatic carbocycles. The molecule has 0 spiro atoms. The number of nitrogens with zero attached hydrogens (tertiary/aromatic N) is 2. The Bertz CT molecular complexity index is 619. The summed E-state index contributed by atoms with van der Waals surface area (Å²) in [6.45, 7) is 4.01. The van der Waals surface area contributed by atoms with Crippen LogP contribution in [0, 0.1) is 5.82 Å². The summed E-state index contributed by atoms with van der Waals surface area (Å²) >= 11 is 3.17. The van der Waals surface area contributed by atoms with Gasteiger partial charge < -0.3 is 20.7 Å².